The molecule has 0 aromatic heterocycles. The first-order valence-corrected chi connectivity index (χ1v) is 8.26. The fraction of sp³-hybridized carbons (Fsp3) is 0.500. The molecular weight excluding hydrogens is 280 g/mol. The Kier molecular flexibility index (Phi) is 5.05. The molecule has 0 amide bonds. The number of Topliss-reactive ketones (excluding diaryl/α,β-unsaturated/α-hetero) is 1. The second kappa shape index (κ2) is 6.57. The zero-order valence-corrected chi connectivity index (χ0v) is 13.0. The van der Waals surface area contributed by atoms with E-state index < -0.39 is 0 Å². The summed E-state index contributed by atoms with van der Waals surface area (Å²) in [4.78, 5) is 12.7. The number of rotatable bonds is 4. The topological polar surface area (TPSA) is 35.5 Å². The van der Waals surface area contributed by atoms with Crippen molar-refractivity contribution in [2.45, 2.75) is 17.4 Å². The number of carbonyl (C=O) groups excluding carboxylic acids is 1. The fourth-order valence-electron chi connectivity index (χ4n) is 2.08. The lowest BCUT2D eigenvalue weighted by Gasteiger charge is -2.27. The molecule has 0 radical (unpaired) electrons. The Morgan fingerprint density at radius 2 is 1.95 bits per heavy atom. The number of ether oxygens (including phenoxy) is 2. The Hall–Kier alpha value is -0.810. The van der Waals surface area contributed by atoms with Crippen molar-refractivity contribution in [3.05, 3.63) is 23.8 Å². The lowest BCUT2D eigenvalue weighted by atomic mass is 10.0. The minimum atomic E-state index is -0.000226. The zero-order valence-electron chi connectivity index (χ0n) is 11.3. The first kappa shape index (κ1) is 14.6. The lowest BCUT2D eigenvalue weighted by molar-refractivity contribution is 0.0986. The molecule has 1 heterocycles. The largest absolute Gasteiger partial charge is 0.497 e. The number of thioether (sulfide) groups is 2. The van der Waals surface area contributed by atoms with Gasteiger partial charge in [-0.15, -0.1) is 11.8 Å². The average Bonchev–Trinajstić information content (AvgIpc) is 2.46. The third-order valence-corrected chi connectivity index (χ3v) is 6.21. The summed E-state index contributed by atoms with van der Waals surface area (Å²) < 4.78 is 10.5. The molecule has 3 nitrogen and oxygen atoms in total. The molecule has 0 aliphatic carbocycles. The van der Waals surface area contributed by atoms with E-state index in [4.69, 9.17) is 9.47 Å². The molecule has 2 rings (SSSR count). The first-order chi connectivity index (χ1) is 9.17. The zero-order chi connectivity index (χ0) is 13.8. The molecule has 2 unspecified atom stereocenters. The molecule has 0 bridgehead atoms. The fourth-order valence-corrected chi connectivity index (χ4v) is 4.80. The highest BCUT2D eigenvalue weighted by Gasteiger charge is 2.31. The summed E-state index contributed by atoms with van der Waals surface area (Å²) in [6, 6.07) is 5.37. The predicted octanol–water partition coefficient (Wildman–Crippen LogP) is 3.12. The van der Waals surface area contributed by atoms with Crippen molar-refractivity contribution in [1.29, 1.82) is 0 Å². The van der Waals surface area contributed by atoms with Gasteiger partial charge < -0.3 is 9.47 Å². The molecule has 2 atom stereocenters. The number of hydrogen-bond donors (Lipinski definition) is 0. The van der Waals surface area contributed by atoms with Crippen LogP contribution in [0.25, 0.3) is 0 Å². The standard InChI is InChI=1S/C14H18O3S2/c1-9-14(19-7-6-18-9)13(15)11-8-10(16-2)4-5-12(11)17-3/h4-5,8-9,14H,6-7H2,1-3H3. The van der Waals surface area contributed by atoms with E-state index in [1.807, 2.05) is 17.8 Å². The van der Waals surface area contributed by atoms with Crippen LogP contribution < -0.4 is 9.47 Å². The normalized spacial score (nSPS) is 22.9. The van der Waals surface area contributed by atoms with Crippen molar-refractivity contribution < 1.29 is 14.3 Å². The number of methoxy groups -OCH3 is 2. The van der Waals surface area contributed by atoms with Crippen LogP contribution in [0, 0.1) is 0 Å². The van der Waals surface area contributed by atoms with Crippen LogP contribution in [0.5, 0.6) is 11.5 Å². The molecule has 5 heteroatoms. The maximum Gasteiger partial charge on any atom is 0.180 e. The van der Waals surface area contributed by atoms with Gasteiger partial charge in [-0.3, -0.25) is 4.79 Å². The summed E-state index contributed by atoms with van der Waals surface area (Å²) in [5.74, 6) is 3.59. The number of ketones is 1. The van der Waals surface area contributed by atoms with E-state index in [0.29, 0.717) is 22.3 Å². The molecule has 104 valence electrons. The highest BCUT2D eigenvalue weighted by molar-refractivity contribution is 8.07. The molecule has 19 heavy (non-hydrogen) atoms. The molecule has 1 aromatic carbocycles. The summed E-state index contributed by atoms with van der Waals surface area (Å²) in [6.45, 7) is 2.12. The second-order valence-electron chi connectivity index (χ2n) is 4.30. The highest BCUT2D eigenvalue weighted by Crippen LogP contribution is 2.35. The van der Waals surface area contributed by atoms with Gasteiger partial charge in [0.1, 0.15) is 11.5 Å². The average molecular weight is 298 g/mol. The van der Waals surface area contributed by atoms with Gasteiger partial charge in [-0.1, -0.05) is 6.92 Å². The number of carbonyl (C=O) groups is 1. The molecule has 1 aliphatic rings. The Morgan fingerprint density at radius 1 is 1.21 bits per heavy atom. The minimum Gasteiger partial charge on any atom is -0.497 e. The first-order valence-electron chi connectivity index (χ1n) is 6.17. The maximum atomic E-state index is 12.7. The smallest absolute Gasteiger partial charge is 0.180 e. The molecular formula is C14H18O3S2. The van der Waals surface area contributed by atoms with Crippen LogP contribution in [0.3, 0.4) is 0 Å². The molecule has 1 saturated heterocycles. The van der Waals surface area contributed by atoms with Gasteiger partial charge in [-0.2, -0.15) is 11.8 Å². The predicted molar refractivity (Wildman–Crippen MR) is 82.0 cm³/mol. The van der Waals surface area contributed by atoms with Gasteiger partial charge in [0.25, 0.3) is 0 Å². The van der Waals surface area contributed by atoms with Crippen LogP contribution in [0.4, 0.5) is 0 Å². The lowest BCUT2D eigenvalue weighted by Crippen LogP contribution is -2.31. The Bertz CT molecular complexity index is 462. The van der Waals surface area contributed by atoms with E-state index in [0.717, 1.165) is 11.5 Å². The van der Waals surface area contributed by atoms with Crippen LogP contribution in [-0.2, 0) is 0 Å². The van der Waals surface area contributed by atoms with Crippen molar-refractivity contribution in [3.63, 3.8) is 0 Å². The monoisotopic (exact) mass is 298 g/mol. The van der Waals surface area contributed by atoms with E-state index in [2.05, 4.69) is 6.92 Å². The third kappa shape index (κ3) is 3.20. The second-order valence-corrected chi connectivity index (χ2v) is 7.03. The van der Waals surface area contributed by atoms with Gasteiger partial charge in [0, 0.05) is 16.8 Å². The van der Waals surface area contributed by atoms with Crippen molar-refractivity contribution in [3.8, 4) is 11.5 Å². The Balaban J connectivity index is 2.30. The van der Waals surface area contributed by atoms with Crippen molar-refractivity contribution >= 4 is 29.3 Å². The Labute approximate surface area is 122 Å². The van der Waals surface area contributed by atoms with Gasteiger partial charge in [0.2, 0.25) is 0 Å². The molecule has 1 fully saturated rings. The van der Waals surface area contributed by atoms with Crippen LogP contribution in [0.15, 0.2) is 18.2 Å². The van der Waals surface area contributed by atoms with Crippen LogP contribution in [0.2, 0.25) is 0 Å². The van der Waals surface area contributed by atoms with E-state index in [-0.39, 0.29) is 11.0 Å². The van der Waals surface area contributed by atoms with Crippen LogP contribution in [0.1, 0.15) is 17.3 Å². The van der Waals surface area contributed by atoms with E-state index in [1.54, 1.807) is 38.1 Å². The van der Waals surface area contributed by atoms with E-state index >= 15 is 0 Å². The van der Waals surface area contributed by atoms with Crippen molar-refractivity contribution in [2.75, 3.05) is 25.7 Å². The van der Waals surface area contributed by atoms with Crippen molar-refractivity contribution in [1.82, 2.24) is 0 Å². The van der Waals surface area contributed by atoms with E-state index in [9.17, 15) is 4.79 Å². The van der Waals surface area contributed by atoms with Gasteiger partial charge in [0.05, 0.1) is 25.0 Å². The molecule has 0 saturated carbocycles. The van der Waals surface area contributed by atoms with Crippen LogP contribution >= 0.6 is 23.5 Å². The summed E-state index contributed by atoms with van der Waals surface area (Å²) in [5, 5.41) is 0.335. The molecule has 1 aliphatic heterocycles. The van der Waals surface area contributed by atoms with Crippen LogP contribution in [-0.4, -0.2) is 42.0 Å². The van der Waals surface area contributed by atoms with Gasteiger partial charge in [-0.25, -0.2) is 0 Å². The maximum absolute atomic E-state index is 12.7. The SMILES string of the molecule is COc1ccc(OC)c(C(=O)C2SCCSC2C)c1. The van der Waals surface area contributed by atoms with Gasteiger partial charge in [0.15, 0.2) is 5.78 Å². The summed E-state index contributed by atoms with van der Waals surface area (Å²) >= 11 is 3.60. The third-order valence-electron chi connectivity index (χ3n) is 3.12. The summed E-state index contributed by atoms with van der Waals surface area (Å²) in [6.07, 6.45) is 0. The summed E-state index contributed by atoms with van der Waals surface area (Å²) in [7, 11) is 3.19. The molecule has 1 aromatic rings. The minimum absolute atomic E-state index is 0.000226. The van der Waals surface area contributed by atoms with Gasteiger partial charge in [-0.05, 0) is 18.2 Å². The quantitative estimate of drug-likeness (QED) is 0.798. The number of benzene rings is 1. The highest BCUT2D eigenvalue weighted by atomic mass is 32.2. The number of hydrogen-bond acceptors (Lipinski definition) is 5. The molecule has 0 N–H and O–H groups in total. The van der Waals surface area contributed by atoms with Gasteiger partial charge >= 0.3 is 0 Å². The van der Waals surface area contributed by atoms with Crippen molar-refractivity contribution in [2.24, 2.45) is 0 Å². The molecule has 0 spiro atoms. The Morgan fingerprint density at radius 3 is 2.58 bits per heavy atom. The summed E-state index contributed by atoms with van der Waals surface area (Å²) in [5.41, 5.74) is 0.619. The van der Waals surface area contributed by atoms with E-state index in [1.165, 1.54) is 0 Å².